The lowest BCUT2D eigenvalue weighted by atomic mass is 10.2. The summed E-state index contributed by atoms with van der Waals surface area (Å²) in [6, 6.07) is 10.7. The fourth-order valence-electron chi connectivity index (χ4n) is 3.27. The molecule has 0 saturated carbocycles. The molecule has 1 aromatic carbocycles. The Morgan fingerprint density at radius 2 is 2.19 bits per heavy atom. The molecule has 2 aromatic heterocycles. The molecule has 3 heterocycles. The van der Waals surface area contributed by atoms with Gasteiger partial charge in [-0.1, -0.05) is 6.07 Å². The molecule has 6 nitrogen and oxygen atoms in total. The molecule has 1 atom stereocenters. The second-order valence-corrected chi connectivity index (χ2v) is 9.79. The molecule has 1 fully saturated rings. The number of fused-ring (bicyclic) bond motifs is 1. The molecule has 3 aromatic rings. The van der Waals surface area contributed by atoms with Crippen molar-refractivity contribution in [3.63, 3.8) is 0 Å². The fraction of sp³-hybridized carbons (Fsp3) is 0.368. The van der Waals surface area contributed by atoms with Crippen LogP contribution in [0.2, 0.25) is 0 Å². The van der Waals surface area contributed by atoms with E-state index in [0.29, 0.717) is 18.8 Å². The van der Waals surface area contributed by atoms with E-state index in [1.807, 2.05) is 25.1 Å². The molecule has 8 heteroatoms. The minimum absolute atomic E-state index is 0.0714. The Balaban J connectivity index is 1.68. The zero-order valence-electron chi connectivity index (χ0n) is 15.0. The first kappa shape index (κ1) is 18.5. The van der Waals surface area contributed by atoms with Gasteiger partial charge in [0.25, 0.3) is 0 Å². The molecular formula is C19H21N3O3S2. The summed E-state index contributed by atoms with van der Waals surface area (Å²) in [5.74, 6) is 0. The van der Waals surface area contributed by atoms with Crippen molar-refractivity contribution in [1.29, 1.82) is 0 Å². The van der Waals surface area contributed by atoms with Crippen molar-refractivity contribution >= 4 is 31.6 Å². The van der Waals surface area contributed by atoms with Crippen molar-refractivity contribution in [2.75, 3.05) is 13.2 Å². The lowest BCUT2D eigenvalue weighted by molar-refractivity contribution is 0.0924. The minimum Gasteiger partial charge on any atom is -0.377 e. The molecule has 1 saturated heterocycles. The number of hydrogen-bond donors (Lipinski definition) is 0. The standard InChI is InChI=1S/C19H21N3O3S2/c1-14-21-18-8-7-17(11-19(18)26-14)27(23,24)22(13-16-6-4-10-25-16)12-15-5-2-3-9-20-15/h2-3,5,7-9,11,16H,4,6,10,12-13H2,1H3. The number of nitrogens with zero attached hydrogens (tertiary/aromatic N) is 3. The Morgan fingerprint density at radius 1 is 1.30 bits per heavy atom. The molecule has 1 aliphatic rings. The van der Waals surface area contributed by atoms with Crippen molar-refractivity contribution in [2.45, 2.75) is 37.3 Å². The van der Waals surface area contributed by atoms with Gasteiger partial charge >= 0.3 is 0 Å². The van der Waals surface area contributed by atoms with E-state index < -0.39 is 10.0 Å². The molecule has 27 heavy (non-hydrogen) atoms. The van der Waals surface area contributed by atoms with Crippen LogP contribution in [0.3, 0.4) is 0 Å². The highest BCUT2D eigenvalue weighted by molar-refractivity contribution is 7.89. The van der Waals surface area contributed by atoms with Crippen LogP contribution in [0.1, 0.15) is 23.5 Å². The Labute approximate surface area is 162 Å². The lowest BCUT2D eigenvalue weighted by Crippen LogP contribution is -2.37. The number of ether oxygens (including phenoxy) is 1. The van der Waals surface area contributed by atoms with Crippen molar-refractivity contribution in [1.82, 2.24) is 14.3 Å². The number of rotatable bonds is 6. The number of benzene rings is 1. The molecular weight excluding hydrogens is 382 g/mol. The maximum absolute atomic E-state index is 13.4. The number of pyridine rings is 1. The van der Waals surface area contributed by atoms with E-state index in [2.05, 4.69) is 9.97 Å². The van der Waals surface area contributed by atoms with Crippen LogP contribution in [0, 0.1) is 6.92 Å². The average Bonchev–Trinajstić information content (AvgIpc) is 3.29. The topological polar surface area (TPSA) is 72.4 Å². The van der Waals surface area contributed by atoms with E-state index in [4.69, 9.17) is 4.74 Å². The van der Waals surface area contributed by atoms with Crippen molar-refractivity contribution in [2.24, 2.45) is 0 Å². The highest BCUT2D eigenvalue weighted by Crippen LogP contribution is 2.27. The molecule has 142 valence electrons. The molecule has 1 unspecified atom stereocenters. The second kappa shape index (κ2) is 7.63. The maximum atomic E-state index is 13.4. The third-order valence-corrected chi connectivity index (χ3v) is 7.34. The SMILES string of the molecule is Cc1nc2ccc(S(=O)(=O)N(Cc3ccccn3)CC3CCCO3)cc2s1. The fourth-order valence-corrected chi connectivity index (χ4v) is 5.68. The summed E-state index contributed by atoms with van der Waals surface area (Å²) >= 11 is 1.50. The first-order chi connectivity index (χ1) is 13.0. The van der Waals surface area contributed by atoms with Gasteiger partial charge in [-0.3, -0.25) is 4.98 Å². The van der Waals surface area contributed by atoms with Gasteiger partial charge in [-0.15, -0.1) is 11.3 Å². The third-order valence-electron chi connectivity index (χ3n) is 4.60. The quantitative estimate of drug-likeness (QED) is 0.631. The van der Waals surface area contributed by atoms with Crippen LogP contribution in [0.15, 0.2) is 47.5 Å². The van der Waals surface area contributed by atoms with Crippen LogP contribution < -0.4 is 0 Å². The highest BCUT2D eigenvalue weighted by Gasteiger charge is 2.30. The van der Waals surface area contributed by atoms with E-state index in [1.54, 1.807) is 24.4 Å². The van der Waals surface area contributed by atoms with Crippen molar-refractivity contribution < 1.29 is 13.2 Å². The van der Waals surface area contributed by atoms with Gasteiger partial charge in [0.1, 0.15) is 0 Å². The van der Waals surface area contributed by atoms with Crippen LogP contribution in [-0.4, -0.2) is 41.9 Å². The monoisotopic (exact) mass is 403 g/mol. The molecule has 0 spiro atoms. The van der Waals surface area contributed by atoms with Gasteiger partial charge in [-0.2, -0.15) is 4.31 Å². The summed E-state index contributed by atoms with van der Waals surface area (Å²) in [4.78, 5) is 9.00. The number of sulfonamides is 1. The van der Waals surface area contributed by atoms with Gasteiger partial charge in [-0.05, 0) is 50.1 Å². The van der Waals surface area contributed by atoms with Gasteiger partial charge < -0.3 is 4.74 Å². The van der Waals surface area contributed by atoms with Gasteiger partial charge in [0.05, 0.1) is 38.5 Å². The number of hydrogen-bond acceptors (Lipinski definition) is 6. The molecule has 0 amide bonds. The molecule has 0 bridgehead atoms. The molecule has 0 radical (unpaired) electrons. The summed E-state index contributed by atoms with van der Waals surface area (Å²) in [6.45, 7) is 3.17. The van der Waals surface area contributed by atoms with Crippen LogP contribution >= 0.6 is 11.3 Å². The normalized spacial score (nSPS) is 17.8. The van der Waals surface area contributed by atoms with E-state index in [1.165, 1.54) is 15.6 Å². The zero-order valence-corrected chi connectivity index (χ0v) is 16.7. The smallest absolute Gasteiger partial charge is 0.243 e. The molecule has 4 rings (SSSR count). The average molecular weight is 404 g/mol. The first-order valence-electron chi connectivity index (χ1n) is 8.91. The molecule has 0 N–H and O–H groups in total. The van der Waals surface area contributed by atoms with E-state index in [0.717, 1.165) is 28.1 Å². The summed E-state index contributed by atoms with van der Waals surface area (Å²) in [5.41, 5.74) is 1.54. The van der Waals surface area contributed by atoms with Gasteiger partial charge in [-0.25, -0.2) is 13.4 Å². The predicted molar refractivity (Wildman–Crippen MR) is 105 cm³/mol. The lowest BCUT2D eigenvalue weighted by Gasteiger charge is -2.24. The van der Waals surface area contributed by atoms with E-state index in [-0.39, 0.29) is 17.5 Å². The van der Waals surface area contributed by atoms with Crippen molar-refractivity contribution in [3.05, 3.63) is 53.3 Å². The zero-order chi connectivity index (χ0) is 18.9. The Hall–Kier alpha value is -1.87. The van der Waals surface area contributed by atoms with Crippen molar-refractivity contribution in [3.8, 4) is 0 Å². The summed E-state index contributed by atoms with van der Waals surface area (Å²) in [7, 11) is -3.68. The Bertz CT molecular complexity index is 1030. The van der Waals surface area contributed by atoms with Gasteiger partial charge in [0.15, 0.2) is 0 Å². The maximum Gasteiger partial charge on any atom is 0.243 e. The second-order valence-electron chi connectivity index (χ2n) is 6.62. The highest BCUT2D eigenvalue weighted by atomic mass is 32.2. The van der Waals surface area contributed by atoms with E-state index in [9.17, 15) is 8.42 Å². The summed E-state index contributed by atoms with van der Waals surface area (Å²) in [5, 5.41) is 0.921. The molecule has 1 aliphatic heterocycles. The Kier molecular flexibility index (Phi) is 5.23. The third kappa shape index (κ3) is 4.03. The van der Waals surface area contributed by atoms with Crippen LogP contribution in [0.5, 0.6) is 0 Å². The number of aromatic nitrogens is 2. The Morgan fingerprint density at radius 3 is 2.93 bits per heavy atom. The first-order valence-corrected chi connectivity index (χ1v) is 11.2. The largest absolute Gasteiger partial charge is 0.377 e. The van der Waals surface area contributed by atoms with Gasteiger partial charge in [0.2, 0.25) is 10.0 Å². The molecule has 0 aliphatic carbocycles. The number of aryl methyl sites for hydroxylation is 1. The van der Waals surface area contributed by atoms with E-state index >= 15 is 0 Å². The minimum atomic E-state index is -3.68. The summed E-state index contributed by atoms with van der Waals surface area (Å²) in [6.07, 6.45) is 3.45. The van der Waals surface area contributed by atoms with Crippen LogP contribution in [0.25, 0.3) is 10.2 Å². The summed E-state index contributed by atoms with van der Waals surface area (Å²) < 4.78 is 34.9. The van der Waals surface area contributed by atoms with Crippen LogP contribution in [-0.2, 0) is 21.3 Å². The number of thiazole rings is 1. The predicted octanol–water partition coefficient (Wildman–Crippen LogP) is 3.37. The van der Waals surface area contributed by atoms with Gasteiger partial charge in [0, 0.05) is 19.3 Å². The van der Waals surface area contributed by atoms with Crippen LogP contribution in [0.4, 0.5) is 0 Å².